The highest BCUT2D eigenvalue weighted by molar-refractivity contribution is 5.91. The molecular weight excluding hydrogens is 240 g/mol. The van der Waals surface area contributed by atoms with Crippen LogP contribution >= 0.6 is 0 Å². The monoisotopic (exact) mass is 256 g/mol. The molecule has 0 aliphatic carbocycles. The molecule has 18 heavy (non-hydrogen) atoms. The van der Waals surface area contributed by atoms with Crippen LogP contribution in [0.25, 0.3) is 0 Å². The first-order chi connectivity index (χ1) is 8.41. The summed E-state index contributed by atoms with van der Waals surface area (Å²) < 4.78 is 6.24. The number of nitrogens with two attached hydrogens (primary N) is 1. The second-order valence-electron chi connectivity index (χ2n) is 4.00. The predicted octanol–water partition coefficient (Wildman–Crippen LogP) is 0.290. The number of aryl methyl sites for hydroxylation is 1. The van der Waals surface area contributed by atoms with Crippen molar-refractivity contribution in [3.05, 3.63) is 5.69 Å². The number of carboxylic acid groups (broad SMARTS) is 1. The third-order valence-corrected chi connectivity index (χ3v) is 2.07. The van der Waals surface area contributed by atoms with Crippen LogP contribution in [0.5, 0.6) is 0 Å². The molecule has 0 aromatic carbocycles. The lowest BCUT2D eigenvalue weighted by Gasteiger charge is -2.06. The maximum Gasteiger partial charge on any atom is 0.363 e. The van der Waals surface area contributed by atoms with Crippen LogP contribution in [0.3, 0.4) is 0 Å². The van der Waals surface area contributed by atoms with E-state index in [9.17, 15) is 9.59 Å². The van der Waals surface area contributed by atoms with E-state index in [1.165, 1.54) is 4.68 Å². The van der Waals surface area contributed by atoms with Crippen LogP contribution in [-0.2, 0) is 16.1 Å². The van der Waals surface area contributed by atoms with Gasteiger partial charge < -0.3 is 15.6 Å². The van der Waals surface area contributed by atoms with E-state index in [1.54, 1.807) is 13.8 Å². The SMILES string of the molecule is CC(C)OC(=O)c1nnn(CCCC(=O)O)c1N. The zero-order valence-corrected chi connectivity index (χ0v) is 10.3. The van der Waals surface area contributed by atoms with Crippen molar-refractivity contribution in [1.29, 1.82) is 0 Å². The van der Waals surface area contributed by atoms with E-state index in [0.717, 1.165) is 0 Å². The first-order valence-electron chi connectivity index (χ1n) is 5.53. The summed E-state index contributed by atoms with van der Waals surface area (Å²) in [5.41, 5.74) is 5.64. The summed E-state index contributed by atoms with van der Waals surface area (Å²) in [6.07, 6.45) is 0.0983. The maximum atomic E-state index is 11.6. The van der Waals surface area contributed by atoms with E-state index in [0.29, 0.717) is 13.0 Å². The lowest BCUT2D eigenvalue weighted by atomic mass is 10.3. The van der Waals surface area contributed by atoms with Gasteiger partial charge in [-0.3, -0.25) is 4.79 Å². The molecule has 1 rings (SSSR count). The number of aromatic nitrogens is 3. The fourth-order valence-corrected chi connectivity index (χ4v) is 1.28. The number of anilines is 1. The van der Waals surface area contributed by atoms with Crippen molar-refractivity contribution in [3.8, 4) is 0 Å². The lowest BCUT2D eigenvalue weighted by molar-refractivity contribution is -0.137. The van der Waals surface area contributed by atoms with Crippen LogP contribution in [0.15, 0.2) is 0 Å². The molecule has 1 aromatic heterocycles. The lowest BCUT2D eigenvalue weighted by Crippen LogP contribution is -2.14. The Labute approximate surface area is 104 Å². The van der Waals surface area contributed by atoms with E-state index in [2.05, 4.69) is 10.3 Å². The van der Waals surface area contributed by atoms with Crippen LogP contribution in [0.1, 0.15) is 37.2 Å². The Balaban J connectivity index is 2.65. The zero-order chi connectivity index (χ0) is 13.7. The first-order valence-corrected chi connectivity index (χ1v) is 5.53. The predicted molar refractivity (Wildman–Crippen MR) is 61.9 cm³/mol. The van der Waals surface area contributed by atoms with E-state index in [1.807, 2.05) is 0 Å². The number of carboxylic acids is 1. The van der Waals surface area contributed by atoms with Crippen LogP contribution in [-0.4, -0.2) is 38.1 Å². The molecule has 100 valence electrons. The molecular formula is C10H16N4O4. The number of hydrogen-bond donors (Lipinski definition) is 2. The Kier molecular flexibility index (Phi) is 4.64. The molecule has 0 atom stereocenters. The molecule has 0 saturated carbocycles. The smallest absolute Gasteiger partial charge is 0.363 e. The van der Waals surface area contributed by atoms with Crippen molar-refractivity contribution in [2.24, 2.45) is 0 Å². The minimum Gasteiger partial charge on any atom is -0.481 e. The number of nitrogen functional groups attached to an aromatic ring is 1. The average molecular weight is 256 g/mol. The van der Waals surface area contributed by atoms with E-state index in [4.69, 9.17) is 15.6 Å². The number of esters is 1. The molecule has 0 aliphatic heterocycles. The van der Waals surface area contributed by atoms with Gasteiger partial charge in [0, 0.05) is 13.0 Å². The topological polar surface area (TPSA) is 120 Å². The molecule has 0 aliphatic rings. The summed E-state index contributed by atoms with van der Waals surface area (Å²) in [6, 6.07) is 0. The molecule has 0 spiro atoms. The Bertz CT molecular complexity index is 441. The van der Waals surface area contributed by atoms with Crippen LogP contribution in [0.4, 0.5) is 5.82 Å². The summed E-state index contributed by atoms with van der Waals surface area (Å²) in [7, 11) is 0. The van der Waals surface area contributed by atoms with Gasteiger partial charge in [0.1, 0.15) is 0 Å². The van der Waals surface area contributed by atoms with Crippen molar-refractivity contribution in [3.63, 3.8) is 0 Å². The molecule has 8 nitrogen and oxygen atoms in total. The second-order valence-corrected chi connectivity index (χ2v) is 4.00. The first kappa shape index (κ1) is 13.9. The van der Waals surface area contributed by atoms with Gasteiger partial charge in [0.2, 0.25) is 5.69 Å². The largest absolute Gasteiger partial charge is 0.481 e. The van der Waals surface area contributed by atoms with Gasteiger partial charge in [-0.25, -0.2) is 9.48 Å². The Hall–Kier alpha value is -2.12. The summed E-state index contributed by atoms with van der Waals surface area (Å²) in [4.78, 5) is 21.9. The summed E-state index contributed by atoms with van der Waals surface area (Å²) in [6.45, 7) is 3.72. The molecule has 8 heteroatoms. The summed E-state index contributed by atoms with van der Waals surface area (Å²) >= 11 is 0. The highest BCUT2D eigenvalue weighted by Crippen LogP contribution is 2.11. The number of rotatable bonds is 6. The van der Waals surface area contributed by atoms with E-state index >= 15 is 0 Å². The van der Waals surface area contributed by atoms with Gasteiger partial charge in [0.15, 0.2) is 5.82 Å². The Morgan fingerprint density at radius 3 is 2.72 bits per heavy atom. The molecule has 1 heterocycles. The van der Waals surface area contributed by atoms with Crippen LogP contribution in [0.2, 0.25) is 0 Å². The number of aliphatic carboxylic acids is 1. The van der Waals surface area contributed by atoms with Gasteiger partial charge in [-0.1, -0.05) is 5.21 Å². The van der Waals surface area contributed by atoms with Gasteiger partial charge in [-0.05, 0) is 20.3 Å². The fraction of sp³-hybridized carbons (Fsp3) is 0.600. The van der Waals surface area contributed by atoms with Crippen LogP contribution in [0, 0.1) is 0 Å². The van der Waals surface area contributed by atoms with Crippen molar-refractivity contribution in [2.75, 3.05) is 5.73 Å². The van der Waals surface area contributed by atoms with Crippen molar-refractivity contribution in [1.82, 2.24) is 15.0 Å². The highest BCUT2D eigenvalue weighted by Gasteiger charge is 2.19. The van der Waals surface area contributed by atoms with Gasteiger partial charge in [0.05, 0.1) is 6.10 Å². The van der Waals surface area contributed by atoms with Gasteiger partial charge in [-0.15, -0.1) is 5.10 Å². The highest BCUT2D eigenvalue weighted by atomic mass is 16.5. The Morgan fingerprint density at radius 2 is 2.17 bits per heavy atom. The molecule has 1 aromatic rings. The third-order valence-electron chi connectivity index (χ3n) is 2.07. The molecule has 0 unspecified atom stereocenters. The number of nitrogens with zero attached hydrogens (tertiary/aromatic N) is 3. The summed E-state index contributed by atoms with van der Waals surface area (Å²) in [5, 5.41) is 15.8. The third kappa shape index (κ3) is 3.72. The minimum atomic E-state index is -0.895. The zero-order valence-electron chi connectivity index (χ0n) is 10.3. The summed E-state index contributed by atoms with van der Waals surface area (Å²) in [5.74, 6) is -1.44. The molecule has 0 bridgehead atoms. The van der Waals surface area contributed by atoms with E-state index in [-0.39, 0.29) is 24.0 Å². The van der Waals surface area contributed by atoms with Gasteiger partial charge in [-0.2, -0.15) is 0 Å². The molecule has 0 saturated heterocycles. The molecule has 0 fully saturated rings. The minimum absolute atomic E-state index is 0.00503. The standard InChI is InChI=1S/C10H16N4O4/c1-6(2)18-10(17)8-9(11)14(13-12-8)5-3-4-7(15)16/h6H,3-5,11H2,1-2H3,(H,15,16). The van der Waals surface area contributed by atoms with E-state index < -0.39 is 11.9 Å². The molecule has 3 N–H and O–H groups in total. The molecule has 0 amide bonds. The van der Waals surface area contributed by atoms with Gasteiger partial charge in [0.25, 0.3) is 0 Å². The van der Waals surface area contributed by atoms with Crippen molar-refractivity contribution >= 4 is 17.8 Å². The number of carbonyl (C=O) groups excluding carboxylic acids is 1. The van der Waals surface area contributed by atoms with Crippen molar-refractivity contribution in [2.45, 2.75) is 39.3 Å². The normalized spacial score (nSPS) is 10.6. The van der Waals surface area contributed by atoms with Crippen molar-refractivity contribution < 1.29 is 19.4 Å². The number of ether oxygens (including phenoxy) is 1. The second kappa shape index (κ2) is 5.99. The van der Waals surface area contributed by atoms with Crippen LogP contribution < -0.4 is 5.73 Å². The number of hydrogen-bond acceptors (Lipinski definition) is 6. The number of carbonyl (C=O) groups is 2. The van der Waals surface area contributed by atoms with Gasteiger partial charge >= 0.3 is 11.9 Å². The quantitative estimate of drug-likeness (QED) is 0.701. The average Bonchev–Trinajstić information content (AvgIpc) is 2.59. The maximum absolute atomic E-state index is 11.6. The molecule has 0 radical (unpaired) electrons. The Morgan fingerprint density at radius 1 is 1.50 bits per heavy atom. The fourth-order valence-electron chi connectivity index (χ4n) is 1.28.